The number of halogens is 2. The zero-order chi connectivity index (χ0) is 14.0. The molecular formula is C15H15ClFNO. The van der Waals surface area contributed by atoms with Crippen LogP contribution in [0.15, 0.2) is 36.4 Å². The first-order valence-electron chi connectivity index (χ1n) is 5.88. The smallest absolute Gasteiger partial charge is 0.165 e. The lowest BCUT2D eigenvalue weighted by Gasteiger charge is -2.16. The fraction of sp³-hybridized carbons (Fsp3) is 0.200. The third-order valence-corrected chi connectivity index (χ3v) is 3.61. The van der Waals surface area contributed by atoms with E-state index >= 15 is 0 Å². The van der Waals surface area contributed by atoms with Crippen molar-refractivity contribution < 1.29 is 9.13 Å². The van der Waals surface area contributed by atoms with Gasteiger partial charge in [-0.3, -0.25) is 0 Å². The van der Waals surface area contributed by atoms with E-state index in [2.05, 4.69) is 0 Å². The van der Waals surface area contributed by atoms with Gasteiger partial charge in [0.2, 0.25) is 0 Å². The van der Waals surface area contributed by atoms with E-state index in [1.165, 1.54) is 13.2 Å². The molecule has 4 heteroatoms. The SMILES string of the molecule is COc1ccc(C(N)c2cccc(C)c2Cl)cc1F. The Hall–Kier alpha value is -1.58. The molecule has 0 aromatic heterocycles. The molecule has 0 amide bonds. The normalized spacial score (nSPS) is 12.3. The van der Waals surface area contributed by atoms with Gasteiger partial charge >= 0.3 is 0 Å². The zero-order valence-corrected chi connectivity index (χ0v) is 11.5. The summed E-state index contributed by atoms with van der Waals surface area (Å²) < 4.78 is 18.6. The fourth-order valence-corrected chi connectivity index (χ4v) is 2.21. The van der Waals surface area contributed by atoms with E-state index in [-0.39, 0.29) is 5.75 Å². The summed E-state index contributed by atoms with van der Waals surface area (Å²) >= 11 is 6.24. The number of ether oxygens (including phenoxy) is 1. The number of hydrogen-bond acceptors (Lipinski definition) is 2. The Morgan fingerprint density at radius 1 is 1.26 bits per heavy atom. The fourth-order valence-electron chi connectivity index (χ4n) is 1.97. The molecule has 2 rings (SSSR count). The Morgan fingerprint density at radius 3 is 2.63 bits per heavy atom. The van der Waals surface area contributed by atoms with Gasteiger partial charge in [-0.05, 0) is 35.7 Å². The second-order valence-corrected chi connectivity index (χ2v) is 4.73. The maximum atomic E-state index is 13.7. The molecule has 0 bridgehead atoms. The summed E-state index contributed by atoms with van der Waals surface area (Å²) in [6, 6.07) is 9.86. The number of rotatable bonds is 3. The predicted octanol–water partition coefficient (Wildman–Crippen LogP) is 3.84. The highest BCUT2D eigenvalue weighted by Crippen LogP contribution is 2.30. The van der Waals surface area contributed by atoms with Gasteiger partial charge in [0.15, 0.2) is 11.6 Å². The molecule has 2 aromatic rings. The van der Waals surface area contributed by atoms with Gasteiger partial charge in [0.25, 0.3) is 0 Å². The minimum absolute atomic E-state index is 0.200. The molecule has 0 spiro atoms. The van der Waals surface area contributed by atoms with Crippen molar-refractivity contribution in [2.75, 3.05) is 7.11 Å². The largest absolute Gasteiger partial charge is 0.494 e. The highest BCUT2D eigenvalue weighted by Gasteiger charge is 2.15. The molecule has 1 unspecified atom stereocenters. The van der Waals surface area contributed by atoms with E-state index in [1.807, 2.05) is 25.1 Å². The maximum Gasteiger partial charge on any atom is 0.165 e. The Morgan fingerprint density at radius 2 is 2.00 bits per heavy atom. The van der Waals surface area contributed by atoms with Crippen LogP contribution in [0.4, 0.5) is 4.39 Å². The van der Waals surface area contributed by atoms with Crippen LogP contribution in [-0.2, 0) is 0 Å². The summed E-state index contributed by atoms with van der Waals surface area (Å²) in [6.45, 7) is 1.91. The van der Waals surface area contributed by atoms with E-state index in [4.69, 9.17) is 22.1 Å². The Bertz CT molecular complexity index is 601. The average molecular weight is 280 g/mol. The number of nitrogens with two attached hydrogens (primary N) is 1. The van der Waals surface area contributed by atoms with Crippen LogP contribution >= 0.6 is 11.6 Å². The molecule has 19 heavy (non-hydrogen) atoms. The Labute approximate surface area is 117 Å². The summed E-state index contributed by atoms with van der Waals surface area (Å²) in [5.74, 6) is -0.231. The van der Waals surface area contributed by atoms with Crippen LogP contribution in [0.5, 0.6) is 5.75 Å². The van der Waals surface area contributed by atoms with Crippen LogP contribution in [0.1, 0.15) is 22.7 Å². The average Bonchev–Trinajstić information content (AvgIpc) is 2.41. The van der Waals surface area contributed by atoms with E-state index in [9.17, 15) is 4.39 Å². The minimum atomic E-state index is -0.465. The van der Waals surface area contributed by atoms with Crippen molar-refractivity contribution in [3.05, 3.63) is 63.9 Å². The van der Waals surface area contributed by atoms with E-state index in [1.54, 1.807) is 12.1 Å². The Balaban J connectivity index is 2.41. The van der Waals surface area contributed by atoms with Crippen LogP contribution in [0.2, 0.25) is 5.02 Å². The predicted molar refractivity (Wildman–Crippen MR) is 75.2 cm³/mol. The molecule has 0 saturated carbocycles. The van der Waals surface area contributed by atoms with Crippen molar-refractivity contribution in [2.24, 2.45) is 5.73 Å². The lowest BCUT2D eigenvalue weighted by molar-refractivity contribution is 0.386. The van der Waals surface area contributed by atoms with Crippen molar-refractivity contribution in [2.45, 2.75) is 13.0 Å². The third kappa shape index (κ3) is 2.72. The molecule has 2 N–H and O–H groups in total. The number of hydrogen-bond donors (Lipinski definition) is 1. The molecule has 100 valence electrons. The standard InChI is InChI=1S/C15H15ClFNO/c1-9-4-3-5-11(14(9)16)15(18)10-6-7-13(19-2)12(17)8-10/h3-8,15H,18H2,1-2H3. The highest BCUT2D eigenvalue weighted by atomic mass is 35.5. The summed E-state index contributed by atoms with van der Waals surface area (Å²) in [5.41, 5.74) is 8.54. The molecule has 0 saturated heterocycles. The monoisotopic (exact) mass is 279 g/mol. The van der Waals surface area contributed by atoms with Gasteiger partial charge in [-0.1, -0.05) is 35.9 Å². The quantitative estimate of drug-likeness (QED) is 0.926. The van der Waals surface area contributed by atoms with Crippen LogP contribution in [0.25, 0.3) is 0 Å². The van der Waals surface area contributed by atoms with Gasteiger partial charge in [-0.2, -0.15) is 0 Å². The second-order valence-electron chi connectivity index (χ2n) is 4.35. The first kappa shape index (κ1) is 13.8. The number of benzene rings is 2. The Kier molecular flexibility index (Phi) is 4.08. The zero-order valence-electron chi connectivity index (χ0n) is 10.8. The number of aryl methyl sites for hydroxylation is 1. The minimum Gasteiger partial charge on any atom is -0.494 e. The molecule has 0 radical (unpaired) electrons. The van der Waals surface area contributed by atoms with Crippen molar-refractivity contribution >= 4 is 11.6 Å². The first-order valence-corrected chi connectivity index (χ1v) is 6.26. The molecule has 2 aromatic carbocycles. The van der Waals surface area contributed by atoms with Crippen molar-refractivity contribution in [3.63, 3.8) is 0 Å². The molecular weight excluding hydrogens is 265 g/mol. The van der Waals surface area contributed by atoms with Crippen molar-refractivity contribution in [1.82, 2.24) is 0 Å². The summed E-state index contributed by atoms with van der Waals surface area (Å²) in [7, 11) is 1.43. The highest BCUT2D eigenvalue weighted by molar-refractivity contribution is 6.32. The van der Waals surface area contributed by atoms with Crippen LogP contribution in [-0.4, -0.2) is 7.11 Å². The van der Waals surface area contributed by atoms with Crippen LogP contribution in [0, 0.1) is 12.7 Å². The van der Waals surface area contributed by atoms with E-state index in [0.29, 0.717) is 10.6 Å². The van der Waals surface area contributed by atoms with Gasteiger partial charge in [0.1, 0.15) is 0 Å². The van der Waals surface area contributed by atoms with Crippen LogP contribution < -0.4 is 10.5 Å². The topological polar surface area (TPSA) is 35.2 Å². The van der Waals surface area contributed by atoms with E-state index < -0.39 is 11.9 Å². The third-order valence-electron chi connectivity index (χ3n) is 3.09. The van der Waals surface area contributed by atoms with Gasteiger partial charge in [-0.25, -0.2) is 4.39 Å². The second kappa shape index (κ2) is 5.59. The molecule has 2 nitrogen and oxygen atoms in total. The van der Waals surface area contributed by atoms with Crippen LogP contribution in [0.3, 0.4) is 0 Å². The molecule has 0 heterocycles. The first-order chi connectivity index (χ1) is 9.04. The van der Waals surface area contributed by atoms with Gasteiger partial charge in [0, 0.05) is 5.02 Å². The summed E-state index contributed by atoms with van der Waals surface area (Å²) in [5, 5.41) is 0.617. The van der Waals surface area contributed by atoms with Gasteiger partial charge < -0.3 is 10.5 Å². The molecule has 0 aliphatic rings. The molecule has 1 atom stereocenters. The maximum absolute atomic E-state index is 13.7. The summed E-state index contributed by atoms with van der Waals surface area (Å²) in [6.07, 6.45) is 0. The summed E-state index contributed by atoms with van der Waals surface area (Å²) in [4.78, 5) is 0. The lowest BCUT2D eigenvalue weighted by atomic mass is 9.98. The van der Waals surface area contributed by atoms with Gasteiger partial charge in [-0.15, -0.1) is 0 Å². The molecule has 0 aliphatic carbocycles. The molecule has 0 aliphatic heterocycles. The van der Waals surface area contributed by atoms with Crippen molar-refractivity contribution in [1.29, 1.82) is 0 Å². The van der Waals surface area contributed by atoms with E-state index in [0.717, 1.165) is 11.1 Å². The number of methoxy groups -OCH3 is 1. The van der Waals surface area contributed by atoms with Gasteiger partial charge in [0.05, 0.1) is 13.2 Å². The lowest BCUT2D eigenvalue weighted by Crippen LogP contribution is -2.13. The molecule has 0 fully saturated rings. The van der Waals surface area contributed by atoms with Crippen molar-refractivity contribution in [3.8, 4) is 5.75 Å².